The number of hydrogen-bond acceptors (Lipinski definition) is 2. The number of benzene rings is 1. The summed E-state index contributed by atoms with van der Waals surface area (Å²) >= 11 is 0. The van der Waals surface area contributed by atoms with Crippen LogP contribution in [-0.2, 0) is 11.2 Å². The summed E-state index contributed by atoms with van der Waals surface area (Å²) in [5, 5.41) is 2.46. The van der Waals surface area contributed by atoms with E-state index in [-0.39, 0.29) is 36.1 Å². The molecule has 7 heteroatoms. The Hall–Kier alpha value is -1.27. The van der Waals surface area contributed by atoms with E-state index in [1.807, 2.05) is 0 Å². The van der Waals surface area contributed by atoms with Crippen LogP contribution in [0.2, 0.25) is 0 Å². The van der Waals surface area contributed by atoms with Gasteiger partial charge in [0, 0.05) is 18.2 Å². The van der Waals surface area contributed by atoms with E-state index in [0.717, 1.165) is 0 Å². The minimum atomic E-state index is -4.31. The number of carbonyl (C=O) groups excluding carboxylic acids is 1. The molecule has 0 heterocycles. The summed E-state index contributed by atoms with van der Waals surface area (Å²) in [6, 6.07) is 5.87. The molecule has 0 aliphatic heterocycles. The molecule has 0 aliphatic rings. The summed E-state index contributed by atoms with van der Waals surface area (Å²) in [5.74, 6) is -0.823. The van der Waals surface area contributed by atoms with Crippen LogP contribution in [0, 0.1) is 5.92 Å². The molecule has 0 bridgehead atoms. The third-order valence-electron chi connectivity index (χ3n) is 2.47. The highest BCUT2D eigenvalue weighted by Gasteiger charge is 2.29. The Labute approximate surface area is 115 Å². The number of amides is 1. The maximum atomic E-state index is 12.4. The molecular weight excluding hydrogens is 281 g/mol. The van der Waals surface area contributed by atoms with Gasteiger partial charge >= 0.3 is 6.18 Å². The van der Waals surface area contributed by atoms with Crippen LogP contribution in [0.4, 0.5) is 18.9 Å². The van der Waals surface area contributed by atoms with Gasteiger partial charge in [-0.15, -0.1) is 12.4 Å². The molecule has 1 amide bonds. The van der Waals surface area contributed by atoms with Crippen molar-refractivity contribution < 1.29 is 18.0 Å². The zero-order valence-electron chi connectivity index (χ0n) is 10.3. The third kappa shape index (κ3) is 5.94. The van der Waals surface area contributed by atoms with E-state index in [1.165, 1.54) is 18.2 Å². The van der Waals surface area contributed by atoms with Gasteiger partial charge in [0.2, 0.25) is 5.91 Å². The van der Waals surface area contributed by atoms with Gasteiger partial charge in [0.15, 0.2) is 0 Å². The predicted molar refractivity (Wildman–Crippen MR) is 70.3 cm³/mol. The number of carbonyl (C=O) groups is 1. The number of nitrogens with two attached hydrogens (primary N) is 1. The molecule has 0 saturated carbocycles. The number of nitrogens with one attached hydrogen (secondary N) is 1. The molecule has 0 spiro atoms. The Kier molecular flexibility index (Phi) is 6.86. The van der Waals surface area contributed by atoms with Crippen LogP contribution in [-0.4, -0.2) is 18.6 Å². The van der Waals surface area contributed by atoms with Gasteiger partial charge < -0.3 is 11.1 Å². The summed E-state index contributed by atoms with van der Waals surface area (Å²) in [7, 11) is 0. The van der Waals surface area contributed by atoms with Gasteiger partial charge in [0.1, 0.15) is 0 Å². The van der Waals surface area contributed by atoms with E-state index in [9.17, 15) is 18.0 Å². The Balaban J connectivity index is 0.00000324. The highest BCUT2D eigenvalue weighted by atomic mass is 35.5. The first-order chi connectivity index (χ1) is 8.33. The summed E-state index contributed by atoms with van der Waals surface area (Å²) < 4.78 is 37.1. The van der Waals surface area contributed by atoms with E-state index < -0.39 is 18.5 Å². The monoisotopic (exact) mass is 296 g/mol. The maximum Gasteiger partial charge on any atom is 0.393 e. The lowest BCUT2D eigenvalue weighted by molar-refractivity contribution is -0.127. The van der Waals surface area contributed by atoms with Crippen molar-refractivity contribution >= 4 is 24.0 Å². The fourth-order valence-corrected chi connectivity index (χ4v) is 1.38. The van der Waals surface area contributed by atoms with Crippen molar-refractivity contribution in [1.29, 1.82) is 0 Å². The van der Waals surface area contributed by atoms with E-state index in [4.69, 9.17) is 5.73 Å². The highest BCUT2D eigenvalue weighted by Crippen LogP contribution is 2.26. The third-order valence-corrected chi connectivity index (χ3v) is 2.47. The number of para-hydroxylation sites is 1. The molecule has 19 heavy (non-hydrogen) atoms. The summed E-state index contributed by atoms with van der Waals surface area (Å²) in [4.78, 5) is 11.6. The van der Waals surface area contributed by atoms with Crippen molar-refractivity contribution in [3.8, 4) is 0 Å². The van der Waals surface area contributed by atoms with Crippen molar-refractivity contribution in [3.63, 3.8) is 0 Å². The summed E-state index contributed by atoms with van der Waals surface area (Å²) in [6.45, 7) is 1.76. The molecule has 1 unspecified atom stereocenters. The Morgan fingerprint density at radius 3 is 2.47 bits per heavy atom. The average molecular weight is 297 g/mol. The highest BCUT2D eigenvalue weighted by molar-refractivity contribution is 5.93. The van der Waals surface area contributed by atoms with Crippen LogP contribution in [0.3, 0.4) is 0 Å². The zero-order chi connectivity index (χ0) is 13.8. The van der Waals surface area contributed by atoms with Crippen LogP contribution in [0.15, 0.2) is 24.3 Å². The molecule has 3 N–H and O–H groups in total. The Bertz CT molecular complexity index is 424. The van der Waals surface area contributed by atoms with E-state index in [2.05, 4.69) is 5.32 Å². The number of rotatable bonds is 4. The van der Waals surface area contributed by atoms with Crippen molar-refractivity contribution in [3.05, 3.63) is 29.8 Å². The fraction of sp³-hybridized carbons (Fsp3) is 0.417. The Morgan fingerprint density at radius 1 is 1.37 bits per heavy atom. The van der Waals surface area contributed by atoms with Gasteiger partial charge in [0.25, 0.3) is 0 Å². The minimum Gasteiger partial charge on any atom is -0.330 e. The van der Waals surface area contributed by atoms with Gasteiger partial charge in [-0.05, 0) is 11.6 Å². The van der Waals surface area contributed by atoms with Gasteiger partial charge in [0.05, 0.1) is 6.42 Å². The molecule has 0 saturated heterocycles. The van der Waals surface area contributed by atoms with Crippen molar-refractivity contribution in [2.24, 2.45) is 11.7 Å². The van der Waals surface area contributed by atoms with Crippen LogP contribution >= 0.6 is 12.4 Å². The summed E-state index contributed by atoms with van der Waals surface area (Å²) in [5.41, 5.74) is 5.55. The summed E-state index contributed by atoms with van der Waals surface area (Å²) in [6.07, 6.45) is -5.37. The number of halogens is 4. The molecule has 0 aromatic heterocycles. The first-order valence-corrected chi connectivity index (χ1v) is 5.49. The molecule has 1 aromatic carbocycles. The Morgan fingerprint density at radius 2 is 1.95 bits per heavy atom. The smallest absolute Gasteiger partial charge is 0.330 e. The SMILES string of the molecule is CC(CN)C(=O)Nc1ccccc1CC(F)(F)F.Cl. The van der Waals surface area contributed by atoms with Gasteiger partial charge in [-0.1, -0.05) is 25.1 Å². The molecule has 1 aromatic rings. The quantitative estimate of drug-likeness (QED) is 0.897. The van der Waals surface area contributed by atoms with Crippen molar-refractivity contribution in [1.82, 2.24) is 0 Å². The second kappa shape index (κ2) is 7.35. The molecule has 108 valence electrons. The molecule has 0 fully saturated rings. The first kappa shape index (κ1) is 17.7. The zero-order valence-corrected chi connectivity index (χ0v) is 11.1. The number of hydrogen-bond donors (Lipinski definition) is 2. The molecular formula is C12H16ClF3N2O. The van der Waals surface area contributed by atoms with Gasteiger partial charge in [-0.25, -0.2) is 0 Å². The van der Waals surface area contributed by atoms with Crippen molar-refractivity contribution in [2.45, 2.75) is 19.5 Å². The second-order valence-corrected chi connectivity index (χ2v) is 4.08. The lowest BCUT2D eigenvalue weighted by Crippen LogP contribution is -2.27. The van der Waals surface area contributed by atoms with Gasteiger partial charge in [-0.3, -0.25) is 4.79 Å². The predicted octanol–water partition coefficient (Wildman–Crippen LogP) is 2.75. The van der Waals surface area contributed by atoms with Crippen LogP contribution in [0.25, 0.3) is 0 Å². The van der Waals surface area contributed by atoms with Crippen LogP contribution in [0.1, 0.15) is 12.5 Å². The minimum absolute atomic E-state index is 0. The molecule has 1 rings (SSSR count). The normalized spacial score (nSPS) is 12.5. The lowest BCUT2D eigenvalue weighted by atomic mass is 10.1. The largest absolute Gasteiger partial charge is 0.393 e. The first-order valence-electron chi connectivity index (χ1n) is 5.49. The molecule has 0 aliphatic carbocycles. The van der Waals surface area contributed by atoms with Crippen molar-refractivity contribution in [2.75, 3.05) is 11.9 Å². The fourth-order valence-electron chi connectivity index (χ4n) is 1.38. The van der Waals surface area contributed by atoms with E-state index in [0.29, 0.717) is 0 Å². The molecule has 1 atom stereocenters. The molecule has 3 nitrogen and oxygen atoms in total. The molecule has 0 radical (unpaired) electrons. The van der Waals surface area contributed by atoms with Crippen LogP contribution < -0.4 is 11.1 Å². The average Bonchev–Trinajstić information content (AvgIpc) is 2.28. The van der Waals surface area contributed by atoms with E-state index in [1.54, 1.807) is 13.0 Å². The lowest BCUT2D eigenvalue weighted by Gasteiger charge is -2.14. The standard InChI is InChI=1S/C12H15F3N2O.ClH/c1-8(7-16)11(18)17-10-5-3-2-4-9(10)6-12(13,14)15;/h2-5,8H,6-7,16H2,1H3,(H,17,18);1H. The maximum absolute atomic E-state index is 12.4. The topological polar surface area (TPSA) is 55.1 Å². The van der Waals surface area contributed by atoms with E-state index >= 15 is 0 Å². The number of alkyl halides is 3. The second-order valence-electron chi connectivity index (χ2n) is 4.08. The number of anilines is 1. The van der Waals surface area contributed by atoms with Crippen LogP contribution in [0.5, 0.6) is 0 Å². The van der Waals surface area contributed by atoms with Gasteiger partial charge in [-0.2, -0.15) is 13.2 Å².